The molecule has 2 nitrogen and oxygen atoms in total. The highest BCUT2D eigenvalue weighted by atomic mass is 32.1. The summed E-state index contributed by atoms with van der Waals surface area (Å²) in [5.41, 5.74) is 1.01. The molecule has 0 bridgehead atoms. The Bertz CT molecular complexity index is 760. The zero-order chi connectivity index (χ0) is 12.5. The van der Waals surface area contributed by atoms with Crippen molar-refractivity contribution in [3.05, 3.63) is 64.8 Å². The van der Waals surface area contributed by atoms with Crippen LogP contribution in [0.25, 0.3) is 20.5 Å². The van der Waals surface area contributed by atoms with Crippen LogP contribution in [0.15, 0.2) is 59.4 Å². The van der Waals surface area contributed by atoms with Crippen LogP contribution in [-0.2, 0) is 0 Å². The third-order valence-corrected chi connectivity index (χ3v) is 3.90. The second-order valence-corrected chi connectivity index (χ2v) is 5.11. The molecule has 0 aliphatic rings. The summed E-state index contributed by atoms with van der Waals surface area (Å²) in [4.78, 5) is 12.9. The quantitative estimate of drug-likeness (QED) is 0.720. The molecule has 1 heterocycles. The van der Waals surface area contributed by atoms with Gasteiger partial charge in [0, 0.05) is 21.0 Å². The lowest BCUT2D eigenvalue weighted by molar-refractivity contribution is 0.476. The molecule has 0 aliphatic heterocycles. The fourth-order valence-electron chi connectivity index (χ4n) is 1.89. The molecule has 0 unspecified atom stereocenters. The average Bonchev–Trinajstić information content (AvgIpc) is 2.39. The maximum Gasteiger partial charge on any atom is 0.188 e. The van der Waals surface area contributed by atoms with Gasteiger partial charge in [0.2, 0.25) is 0 Å². The molecule has 0 aliphatic carbocycles. The fourth-order valence-corrected chi connectivity index (χ4v) is 3.00. The van der Waals surface area contributed by atoms with E-state index in [1.165, 1.54) is 11.3 Å². The predicted octanol–water partition coefficient (Wildman–Crippen LogP) is 3.63. The van der Waals surface area contributed by atoms with Gasteiger partial charge >= 0.3 is 0 Å². The second kappa shape index (κ2) is 4.27. The lowest BCUT2D eigenvalue weighted by atomic mass is 10.1. The lowest BCUT2D eigenvalue weighted by Crippen LogP contribution is -1.98. The highest BCUT2D eigenvalue weighted by molar-refractivity contribution is 7.21. The standard InChI is InChI=1S/C15H10O2S/c16-11-6-7-12-13(17)9-14(18-15(12)8-11)10-4-2-1-3-5-10/h1-9,16H. The topological polar surface area (TPSA) is 37.3 Å². The molecule has 3 rings (SSSR count). The van der Waals surface area contributed by atoms with E-state index < -0.39 is 0 Å². The van der Waals surface area contributed by atoms with Crippen LogP contribution in [0.5, 0.6) is 5.75 Å². The Balaban J connectivity index is 2.30. The molecule has 0 spiro atoms. The maximum absolute atomic E-state index is 12.0. The van der Waals surface area contributed by atoms with E-state index in [0.29, 0.717) is 5.39 Å². The lowest BCUT2D eigenvalue weighted by Gasteiger charge is -2.02. The molecule has 0 saturated carbocycles. The zero-order valence-electron chi connectivity index (χ0n) is 9.46. The van der Waals surface area contributed by atoms with E-state index >= 15 is 0 Å². The number of hydrogen-bond donors (Lipinski definition) is 1. The molecule has 1 aromatic heterocycles. The normalized spacial score (nSPS) is 10.7. The van der Waals surface area contributed by atoms with Gasteiger partial charge in [0.25, 0.3) is 0 Å². The van der Waals surface area contributed by atoms with Crippen LogP contribution in [0.1, 0.15) is 0 Å². The van der Waals surface area contributed by atoms with Crippen molar-refractivity contribution in [1.29, 1.82) is 0 Å². The molecule has 3 aromatic rings. The largest absolute Gasteiger partial charge is 0.508 e. The summed E-state index contributed by atoms with van der Waals surface area (Å²) in [6, 6.07) is 16.3. The third kappa shape index (κ3) is 1.89. The molecule has 88 valence electrons. The first-order valence-corrected chi connectivity index (χ1v) is 6.38. The Hall–Kier alpha value is -2.13. The first-order chi connectivity index (χ1) is 8.74. The maximum atomic E-state index is 12.0. The minimum atomic E-state index is -0.0115. The van der Waals surface area contributed by atoms with Gasteiger partial charge in [-0.05, 0) is 23.8 Å². The van der Waals surface area contributed by atoms with Gasteiger partial charge < -0.3 is 5.11 Å². The van der Waals surface area contributed by atoms with Gasteiger partial charge in [0.15, 0.2) is 5.43 Å². The summed E-state index contributed by atoms with van der Waals surface area (Å²) in [7, 11) is 0. The average molecular weight is 254 g/mol. The summed E-state index contributed by atoms with van der Waals surface area (Å²) in [5, 5.41) is 10.1. The molecular weight excluding hydrogens is 244 g/mol. The van der Waals surface area contributed by atoms with Crippen molar-refractivity contribution in [2.75, 3.05) is 0 Å². The van der Waals surface area contributed by atoms with Gasteiger partial charge in [-0.2, -0.15) is 0 Å². The van der Waals surface area contributed by atoms with Crippen molar-refractivity contribution in [1.82, 2.24) is 0 Å². The Kier molecular flexibility index (Phi) is 2.61. The number of phenolic OH excluding ortho intramolecular Hbond substituents is 1. The van der Waals surface area contributed by atoms with E-state index in [1.54, 1.807) is 24.3 Å². The number of phenols is 1. The smallest absolute Gasteiger partial charge is 0.188 e. The molecule has 1 N–H and O–H groups in total. The first kappa shape index (κ1) is 11.0. The van der Waals surface area contributed by atoms with Crippen molar-refractivity contribution in [2.45, 2.75) is 0 Å². The summed E-state index contributed by atoms with van der Waals surface area (Å²) < 4.78 is 0.807. The Morgan fingerprint density at radius 1 is 0.944 bits per heavy atom. The Morgan fingerprint density at radius 2 is 1.72 bits per heavy atom. The van der Waals surface area contributed by atoms with Crippen molar-refractivity contribution < 1.29 is 5.11 Å². The molecule has 18 heavy (non-hydrogen) atoms. The minimum absolute atomic E-state index is 0.0115. The number of rotatable bonds is 1. The van der Waals surface area contributed by atoms with Gasteiger partial charge in [-0.3, -0.25) is 4.79 Å². The molecule has 0 fully saturated rings. The van der Waals surface area contributed by atoms with Crippen LogP contribution in [0.2, 0.25) is 0 Å². The summed E-state index contributed by atoms with van der Waals surface area (Å²) in [6.07, 6.45) is 0. The number of aromatic hydroxyl groups is 1. The minimum Gasteiger partial charge on any atom is -0.508 e. The van der Waals surface area contributed by atoms with E-state index in [4.69, 9.17) is 0 Å². The molecular formula is C15H10O2S. The summed E-state index contributed by atoms with van der Waals surface area (Å²) in [5.74, 6) is 0.184. The van der Waals surface area contributed by atoms with E-state index in [9.17, 15) is 9.90 Å². The van der Waals surface area contributed by atoms with Crippen molar-refractivity contribution in [3.63, 3.8) is 0 Å². The van der Waals surface area contributed by atoms with Gasteiger partial charge in [-0.1, -0.05) is 30.3 Å². The summed E-state index contributed by atoms with van der Waals surface area (Å²) in [6.45, 7) is 0. The van der Waals surface area contributed by atoms with E-state index in [1.807, 2.05) is 30.3 Å². The molecule has 0 saturated heterocycles. The highest BCUT2D eigenvalue weighted by Crippen LogP contribution is 2.29. The zero-order valence-corrected chi connectivity index (χ0v) is 10.3. The van der Waals surface area contributed by atoms with E-state index in [2.05, 4.69) is 0 Å². The molecule has 0 atom stereocenters. The van der Waals surface area contributed by atoms with E-state index in [0.717, 1.165) is 15.1 Å². The van der Waals surface area contributed by atoms with Gasteiger partial charge in [0.05, 0.1) is 0 Å². The highest BCUT2D eigenvalue weighted by Gasteiger charge is 2.05. The SMILES string of the molecule is O=c1cc(-c2ccccc2)sc2cc(O)ccc12. The fraction of sp³-hybridized carbons (Fsp3) is 0. The first-order valence-electron chi connectivity index (χ1n) is 5.56. The van der Waals surface area contributed by atoms with Crippen molar-refractivity contribution in [3.8, 4) is 16.2 Å². The monoisotopic (exact) mass is 254 g/mol. The number of fused-ring (bicyclic) bond motifs is 1. The molecule has 3 heteroatoms. The van der Waals surface area contributed by atoms with Crippen LogP contribution in [0.4, 0.5) is 0 Å². The van der Waals surface area contributed by atoms with Gasteiger partial charge in [-0.25, -0.2) is 0 Å². The second-order valence-electron chi connectivity index (χ2n) is 4.02. The van der Waals surface area contributed by atoms with Crippen LogP contribution in [0, 0.1) is 0 Å². The van der Waals surface area contributed by atoms with Gasteiger partial charge in [0.1, 0.15) is 5.75 Å². The van der Waals surface area contributed by atoms with Crippen LogP contribution in [0.3, 0.4) is 0 Å². The third-order valence-electron chi connectivity index (χ3n) is 2.77. The van der Waals surface area contributed by atoms with Crippen molar-refractivity contribution >= 4 is 21.4 Å². The van der Waals surface area contributed by atoms with Crippen LogP contribution >= 0.6 is 11.3 Å². The number of hydrogen-bond acceptors (Lipinski definition) is 3. The number of benzene rings is 2. The Labute approximate surface area is 108 Å². The molecule has 2 aromatic carbocycles. The summed E-state index contributed by atoms with van der Waals surface area (Å²) >= 11 is 1.51. The van der Waals surface area contributed by atoms with Crippen molar-refractivity contribution in [2.24, 2.45) is 0 Å². The van der Waals surface area contributed by atoms with E-state index in [-0.39, 0.29) is 11.2 Å². The van der Waals surface area contributed by atoms with Crippen LogP contribution < -0.4 is 5.43 Å². The molecule has 0 amide bonds. The van der Waals surface area contributed by atoms with Crippen LogP contribution in [-0.4, -0.2) is 5.11 Å². The Morgan fingerprint density at radius 3 is 2.50 bits per heavy atom. The predicted molar refractivity (Wildman–Crippen MR) is 75.2 cm³/mol. The molecule has 0 radical (unpaired) electrons. The van der Waals surface area contributed by atoms with Gasteiger partial charge in [-0.15, -0.1) is 11.3 Å².